The van der Waals surface area contributed by atoms with Crippen molar-refractivity contribution >= 4 is 23.7 Å². The largest absolute Gasteiger partial charge is 0.497 e. The fourth-order valence-corrected chi connectivity index (χ4v) is 3.41. The SMILES string of the molecule is COc1ccc(/C=N/NC(=O)COc2nc(-c3ccc(Cl)cc3)cc(-c3cccnc3)c2C#N)cc1. The Hall–Kier alpha value is -4.74. The van der Waals surface area contributed by atoms with Crippen molar-refractivity contribution in [2.45, 2.75) is 0 Å². The minimum atomic E-state index is -0.509. The molecule has 0 atom stereocenters. The number of methoxy groups -OCH3 is 1. The van der Waals surface area contributed by atoms with Crippen LogP contribution in [0.2, 0.25) is 5.02 Å². The van der Waals surface area contributed by atoms with E-state index >= 15 is 0 Å². The number of carbonyl (C=O) groups excluding carboxylic acids is 1. The highest BCUT2D eigenvalue weighted by Gasteiger charge is 2.18. The fraction of sp³-hybridized carbons (Fsp3) is 0.0741. The van der Waals surface area contributed by atoms with Crippen LogP contribution in [0.4, 0.5) is 0 Å². The second kappa shape index (κ2) is 11.6. The Morgan fingerprint density at radius 3 is 2.58 bits per heavy atom. The molecule has 2 aromatic heterocycles. The minimum Gasteiger partial charge on any atom is -0.497 e. The van der Waals surface area contributed by atoms with Gasteiger partial charge in [-0.2, -0.15) is 10.4 Å². The molecule has 9 heteroatoms. The van der Waals surface area contributed by atoms with E-state index in [0.29, 0.717) is 21.8 Å². The van der Waals surface area contributed by atoms with E-state index in [1.807, 2.05) is 18.2 Å². The van der Waals surface area contributed by atoms with E-state index in [1.54, 1.807) is 68.0 Å². The van der Waals surface area contributed by atoms with E-state index in [9.17, 15) is 10.1 Å². The van der Waals surface area contributed by atoms with Gasteiger partial charge in [0.2, 0.25) is 5.88 Å². The molecule has 0 aliphatic rings. The Balaban J connectivity index is 1.56. The summed E-state index contributed by atoms with van der Waals surface area (Å²) in [5.74, 6) is 0.236. The van der Waals surface area contributed by atoms with Crippen LogP contribution in [-0.2, 0) is 4.79 Å². The lowest BCUT2D eigenvalue weighted by Crippen LogP contribution is -2.25. The number of amides is 1. The maximum absolute atomic E-state index is 12.3. The number of nitriles is 1. The first-order valence-electron chi connectivity index (χ1n) is 10.8. The molecule has 8 nitrogen and oxygen atoms in total. The first kappa shape index (κ1) is 24.4. The summed E-state index contributed by atoms with van der Waals surface area (Å²) < 4.78 is 10.8. The number of benzene rings is 2. The molecule has 178 valence electrons. The van der Waals surface area contributed by atoms with Crippen molar-refractivity contribution in [2.24, 2.45) is 5.10 Å². The Morgan fingerprint density at radius 1 is 1.14 bits per heavy atom. The number of pyridine rings is 2. The Bertz CT molecular complexity index is 1420. The van der Waals surface area contributed by atoms with Crippen molar-refractivity contribution in [1.82, 2.24) is 15.4 Å². The molecule has 2 aromatic carbocycles. The van der Waals surface area contributed by atoms with Crippen LogP contribution in [0.25, 0.3) is 22.4 Å². The van der Waals surface area contributed by atoms with E-state index in [1.165, 1.54) is 6.21 Å². The monoisotopic (exact) mass is 497 g/mol. The number of hydrogen-bond acceptors (Lipinski definition) is 7. The number of nitrogens with zero attached hydrogens (tertiary/aromatic N) is 4. The van der Waals surface area contributed by atoms with E-state index in [0.717, 1.165) is 16.9 Å². The number of aromatic nitrogens is 2. The van der Waals surface area contributed by atoms with Crippen LogP contribution in [-0.4, -0.2) is 35.8 Å². The topological polar surface area (TPSA) is 109 Å². The van der Waals surface area contributed by atoms with Gasteiger partial charge in [-0.15, -0.1) is 0 Å². The Kier molecular flexibility index (Phi) is 7.86. The van der Waals surface area contributed by atoms with Gasteiger partial charge in [0.05, 0.1) is 19.0 Å². The molecule has 1 N–H and O–H groups in total. The highest BCUT2D eigenvalue weighted by molar-refractivity contribution is 6.30. The van der Waals surface area contributed by atoms with E-state index in [-0.39, 0.29) is 11.4 Å². The summed E-state index contributed by atoms with van der Waals surface area (Å²) >= 11 is 6.03. The summed E-state index contributed by atoms with van der Waals surface area (Å²) in [6.07, 6.45) is 4.79. The van der Waals surface area contributed by atoms with Crippen LogP contribution >= 0.6 is 11.6 Å². The van der Waals surface area contributed by atoms with Crippen LogP contribution in [0.5, 0.6) is 11.6 Å². The third-order valence-corrected chi connectivity index (χ3v) is 5.32. The normalized spacial score (nSPS) is 10.6. The van der Waals surface area contributed by atoms with E-state index in [4.69, 9.17) is 21.1 Å². The quantitative estimate of drug-likeness (QED) is 0.274. The van der Waals surface area contributed by atoms with Gasteiger partial charge >= 0.3 is 0 Å². The number of nitrogens with one attached hydrogen (secondary N) is 1. The zero-order valence-corrected chi connectivity index (χ0v) is 19.9. The van der Waals surface area contributed by atoms with Crippen molar-refractivity contribution in [3.05, 3.63) is 95.3 Å². The van der Waals surface area contributed by atoms with Crippen molar-refractivity contribution in [1.29, 1.82) is 5.26 Å². The molecule has 0 saturated carbocycles. The molecule has 0 aliphatic heterocycles. The molecule has 0 radical (unpaired) electrons. The molecule has 4 rings (SSSR count). The molecular weight excluding hydrogens is 478 g/mol. The van der Waals surface area contributed by atoms with Gasteiger partial charge in [0, 0.05) is 34.1 Å². The molecule has 4 aromatic rings. The molecular formula is C27H20ClN5O3. The van der Waals surface area contributed by atoms with E-state index in [2.05, 4.69) is 26.6 Å². The average Bonchev–Trinajstić information content (AvgIpc) is 2.92. The predicted octanol–water partition coefficient (Wildman–Crippen LogP) is 4.87. The predicted molar refractivity (Wildman–Crippen MR) is 137 cm³/mol. The standard InChI is InChI=1S/C27H20ClN5O3/c1-35-22-10-4-18(5-11-22)15-31-33-26(34)17-36-27-24(14-29)23(20-3-2-12-30-16-20)13-25(32-27)19-6-8-21(28)9-7-19/h2-13,15-16H,17H2,1H3,(H,33,34)/b31-15+. The highest BCUT2D eigenvalue weighted by atomic mass is 35.5. The first-order valence-corrected chi connectivity index (χ1v) is 11.2. The average molecular weight is 498 g/mol. The molecule has 0 unspecified atom stereocenters. The lowest BCUT2D eigenvalue weighted by molar-refractivity contribution is -0.123. The van der Waals surface area contributed by atoms with Gasteiger partial charge in [0.25, 0.3) is 5.91 Å². The summed E-state index contributed by atoms with van der Waals surface area (Å²) in [7, 11) is 1.58. The second-order valence-corrected chi connectivity index (χ2v) is 7.89. The number of rotatable bonds is 8. The second-order valence-electron chi connectivity index (χ2n) is 7.45. The van der Waals surface area contributed by atoms with Gasteiger partial charge in [-0.3, -0.25) is 9.78 Å². The van der Waals surface area contributed by atoms with Crippen LogP contribution in [0.3, 0.4) is 0 Å². The Labute approximate surface area is 212 Å². The van der Waals surface area contributed by atoms with Crippen molar-refractivity contribution in [2.75, 3.05) is 13.7 Å². The van der Waals surface area contributed by atoms with Crippen molar-refractivity contribution < 1.29 is 14.3 Å². The highest BCUT2D eigenvalue weighted by Crippen LogP contribution is 2.33. The van der Waals surface area contributed by atoms with Gasteiger partial charge in [-0.1, -0.05) is 29.8 Å². The lowest BCUT2D eigenvalue weighted by atomic mass is 10.00. The van der Waals surface area contributed by atoms with Crippen LogP contribution in [0, 0.1) is 11.3 Å². The van der Waals surface area contributed by atoms with Crippen LogP contribution < -0.4 is 14.9 Å². The van der Waals surface area contributed by atoms with Gasteiger partial charge in [-0.05, 0) is 54.1 Å². The summed E-state index contributed by atoms with van der Waals surface area (Å²) in [4.78, 5) is 21.0. The maximum atomic E-state index is 12.3. The van der Waals surface area contributed by atoms with Gasteiger partial charge in [0.1, 0.15) is 17.4 Å². The minimum absolute atomic E-state index is 0.0260. The fourth-order valence-electron chi connectivity index (χ4n) is 3.29. The van der Waals surface area contributed by atoms with Crippen LogP contribution in [0.15, 0.2) is 84.2 Å². The van der Waals surface area contributed by atoms with E-state index < -0.39 is 12.5 Å². The number of ether oxygens (including phenoxy) is 2. The summed E-state index contributed by atoms with van der Waals surface area (Å²) in [5, 5.41) is 14.4. The number of hydrazone groups is 1. The molecule has 0 fully saturated rings. The van der Waals surface area contributed by atoms with Crippen molar-refractivity contribution in [3.63, 3.8) is 0 Å². The zero-order chi connectivity index (χ0) is 25.3. The van der Waals surface area contributed by atoms with Crippen LogP contribution in [0.1, 0.15) is 11.1 Å². The van der Waals surface area contributed by atoms with Gasteiger partial charge in [0.15, 0.2) is 6.61 Å². The summed E-state index contributed by atoms with van der Waals surface area (Å²) in [6, 6.07) is 21.8. The molecule has 36 heavy (non-hydrogen) atoms. The zero-order valence-electron chi connectivity index (χ0n) is 19.2. The molecule has 0 aliphatic carbocycles. The summed E-state index contributed by atoms with van der Waals surface area (Å²) in [5.41, 5.74) is 5.99. The lowest BCUT2D eigenvalue weighted by Gasteiger charge is -2.13. The molecule has 0 spiro atoms. The number of halogens is 1. The molecule has 1 amide bonds. The third-order valence-electron chi connectivity index (χ3n) is 5.07. The molecule has 0 saturated heterocycles. The van der Waals surface area contributed by atoms with Gasteiger partial charge in [-0.25, -0.2) is 10.4 Å². The number of carbonyl (C=O) groups is 1. The molecule has 0 bridgehead atoms. The Morgan fingerprint density at radius 2 is 1.92 bits per heavy atom. The smallest absolute Gasteiger partial charge is 0.278 e. The maximum Gasteiger partial charge on any atom is 0.278 e. The van der Waals surface area contributed by atoms with Gasteiger partial charge < -0.3 is 9.47 Å². The number of hydrogen-bond donors (Lipinski definition) is 1. The third kappa shape index (κ3) is 6.03. The first-order chi connectivity index (χ1) is 17.6. The summed E-state index contributed by atoms with van der Waals surface area (Å²) in [6.45, 7) is -0.391. The molecule has 2 heterocycles. The van der Waals surface area contributed by atoms with Crippen molar-refractivity contribution in [3.8, 4) is 40.1 Å².